The highest BCUT2D eigenvalue weighted by molar-refractivity contribution is 6.05. The van der Waals surface area contributed by atoms with Crippen LogP contribution in [0.5, 0.6) is 0 Å². The first-order valence-corrected chi connectivity index (χ1v) is 5.46. The summed E-state index contributed by atoms with van der Waals surface area (Å²) in [5.74, 6) is -0.189. The number of likely N-dealkylation sites (tertiary alicyclic amines) is 1. The molecular weight excluding hydrogens is 192 g/mol. The van der Waals surface area contributed by atoms with Gasteiger partial charge in [0.25, 0.3) is 0 Å². The predicted molar refractivity (Wildman–Crippen MR) is 55.7 cm³/mol. The quantitative estimate of drug-likeness (QED) is 0.535. The van der Waals surface area contributed by atoms with Gasteiger partial charge in [-0.15, -0.1) is 0 Å². The molecule has 0 aromatic carbocycles. The normalized spacial score (nSPS) is 29.8. The minimum atomic E-state index is -0.0970. The number of carbonyl (C=O) groups is 2. The van der Waals surface area contributed by atoms with Crippen molar-refractivity contribution < 1.29 is 9.59 Å². The molecule has 2 atom stereocenters. The fourth-order valence-corrected chi connectivity index (χ4v) is 2.34. The zero-order valence-corrected chi connectivity index (χ0v) is 8.69. The highest BCUT2D eigenvalue weighted by Gasteiger charge is 2.46. The Balaban J connectivity index is 2.10. The van der Waals surface area contributed by atoms with Crippen molar-refractivity contribution in [2.75, 3.05) is 13.1 Å². The van der Waals surface area contributed by atoms with Crippen molar-refractivity contribution >= 4 is 11.8 Å². The SMILES string of the molecule is NCCCN1C(=O)[C@@H]2CC=CC[C@H]2C1=O. The lowest BCUT2D eigenvalue weighted by molar-refractivity contribution is -0.139. The van der Waals surface area contributed by atoms with E-state index in [9.17, 15) is 9.59 Å². The first kappa shape index (κ1) is 10.4. The average Bonchev–Trinajstić information content (AvgIpc) is 2.51. The Kier molecular flexibility index (Phi) is 2.86. The summed E-state index contributed by atoms with van der Waals surface area (Å²) in [5.41, 5.74) is 5.38. The van der Waals surface area contributed by atoms with E-state index in [4.69, 9.17) is 5.73 Å². The van der Waals surface area contributed by atoms with Gasteiger partial charge >= 0.3 is 0 Å². The molecule has 1 heterocycles. The van der Waals surface area contributed by atoms with Gasteiger partial charge in [0.05, 0.1) is 11.8 Å². The van der Waals surface area contributed by atoms with Gasteiger partial charge in [0.2, 0.25) is 11.8 Å². The van der Waals surface area contributed by atoms with Crippen LogP contribution in [0.15, 0.2) is 12.2 Å². The van der Waals surface area contributed by atoms with Gasteiger partial charge in [-0.2, -0.15) is 0 Å². The largest absolute Gasteiger partial charge is 0.330 e. The zero-order valence-electron chi connectivity index (χ0n) is 8.69. The lowest BCUT2D eigenvalue weighted by Gasteiger charge is -2.14. The average molecular weight is 208 g/mol. The van der Waals surface area contributed by atoms with E-state index in [0.29, 0.717) is 32.4 Å². The Bertz CT molecular complexity index is 286. The molecule has 1 fully saturated rings. The summed E-state index contributed by atoms with van der Waals surface area (Å²) in [6.45, 7) is 1.01. The molecule has 0 unspecified atom stereocenters. The smallest absolute Gasteiger partial charge is 0.233 e. The molecule has 1 aliphatic carbocycles. The highest BCUT2D eigenvalue weighted by atomic mass is 16.2. The minimum Gasteiger partial charge on any atom is -0.330 e. The molecular formula is C11H16N2O2. The molecule has 0 aromatic rings. The summed E-state index contributed by atoms with van der Waals surface area (Å²) in [5, 5.41) is 0. The van der Waals surface area contributed by atoms with E-state index >= 15 is 0 Å². The molecule has 4 heteroatoms. The van der Waals surface area contributed by atoms with E-state index in [0.717, 1.165) is 0 Å². The fraction of sp³-hybridized carbons (Fsp3) is 0.636. The second-order valence-corrected chi connectivity index (χ2v) is 4.13. The van der Waals surface area contributed by atoms with Crippen molar-refractivity contribution in [3.8, 4) is 0 Å². The van der Waals surface area contributed by atoms with E-state index in [1.165, 1.54) is 4.90 Å². The summed E-state index contributed by atoms with van der Waals surface area (Å²) >= 11 is 0. The molecule has 2 aliphatic rings. The van der Waals surface area contributed by atoms with Crippen LogP contribution in [0.3, 0.4) is 0 Å². The van der Waals surface area contributed by atoms with Crippen LogP contribution < -0.4 is 5.73 Å². The van der Waals surface area contributed by atoms with Crippen molar-refractivity contribution in [1.29, 1.82) is 0 Å². The van der Waals surface area contributed by atoms with Gasteiger partial charge in [-0.1, -0.05) is 12.2 Å². The predicted octanol–water partition coefficient (Wildman–Crippen LogP) is 0.286. The summed E-state index contributed by atoms with van der Waals surface area (Å²) in [6, 6.07) is 0. The number of rotatable bonds is 3. The molecule has 0 spiro atoms. The van der Waals surface area contributed by atoms with Gasteiger partial charge in [0, 0.05) is 6.54 Å². The third-order valence-corrected chi connectivity index (χ3v) is 3.18. The van der Waals surface area contributed by atoms with E-state index in [-0.39, 0.29) is 23.7 Å². The number of hydrogen-bond acceptors (Lipinski definition) is 3. The molecule has 2 amide bonds. The van der Waals surface area contributed by atoms with E-state index in [1.807, 2.05) is 12.2 Å². The van der Waals surface area contributed by atoms with Crippen molar-refractivity contribution in [3.63, 3.8) is 0 Å². The number of carbonyl (C=O) groups excluding carboxylic acids is 2. The fourth-order valence-electron chi connectivity index (χ4n) is 2.34. The molecule has 2 N–H and O–H groups in total. The van der Waals surface area contributed by atoms with Crippen molar-refractivity contribution in [1.82, 2.24) is 4.90 Å². The lowest BCUT2D eigenvalue weighted by Crippen LogP contribution is -2.33. The van der Waals surface area contributed by atoms with Crippen molar-refractivity contribution in [3.05, 3.63) is 12.2 Å². The van der Waals surface area contributed by atoms with Gasteiger partial charge < -0.3 is 5.73 Å². The van der Waals surface area contributed by atoms with Gasteiger partial charge in [-0.3, -0.25) is 14.5 Å². The Morgan fingerprint density at radius 2 is 1.73 bits per heavy atom. The van der Waals surface area contributed by atoms with Gasteiger partial charge in [-0.05, 0) is 25.8 Å². The number of nitrogens with zero attached hydrogens (tertiary/aromatic N) is 1. The number of amides is 2. The number of imide groups is 1. The van der Waals surface area contributed by atoms with Crippen LogP contribution in [0.4, 0.5) is 0 Å². The highest BCUT2D eigenvalue weighted by Crippen LogP contribution is 2.34. The van der Waals surface area contributed by atoms with Crippen molar-refractivity contribution in [2.24, 2.45) is 17.6 Å². The van der Waals surface area contributed by atoms with E-state index in [1.54, 1.807) is 0 Å². The first-order chi connectivity index (χ1) is 7.25. The second-order valence-electron chi connectivity index (χ2n) is 4.13. The van der Waals surface area contributed by atoms with Gasteiger partial charge in [0.15, 0.2) is 0 Å². The molecule has 1 saturated heterocycles. The van der Waals surface area contributed by atoms with Gasteiger partial charge in [0.1, 0.15) is 0 Å². The van der Waals surface area contributed by atoms with Crippen LogP contribution >= 0.6 is 0 Å². The number of nitrogens with two attached hydrogens (primary N) is 1. The molecule has 15 heavy (non-hydrogen) atoms. The Labute approximate surface area is 89.1 Å². The van der Waals surface area contributed by atoms with Crippen LogP contribution in [-0.2, 0) is 9.59 Å². The summed E-state index contributed by atoms with van der Waals surface area (Å²) in [4.78, 5) is 25.2. The van der Waals surface area contributed by atoms with E-state index in [2.05, 4.69) is 0 Å². The molecule has 0 aromatic heterocycles. The molecule has 0 bridgehead atoms. The van der Waals surface area contributed by atoms with E-state index < -0.39 is 0 Å². The molecule has 82 valence electrons. The van der Waals surface area contributed by atoms with Crippen molar-refractivity contribution in [2.45, 2.75) is 19.3 Å². The van der Waals surface area contributed by atoms with Crippen LogP contribution in [0, 0.1) is 11.8 Å². The molecule has 4 nitrogen and oxygen atoms in total. The number of fused-ring (bicyclic) bond motifs is 1. The van der Waals surface area contributed by atoms with Crippen LogP contribution in [0.1, 0.15) is 19.3 Å². The summed E-state index contributed by atoms with van der Waals surface area (Å²) in [7, 11) is 0. The third-order valence-electron chi connectivity index (χ3n) is 3.18. The Morgan fingerprint density at radius 3 is 2.20 bits per heavy atom. The Hall–Kier alpha value is -1.16. The first-order valence-electron chi connectivity index (χ1n) is 5.46. The van der Waals surface area contributed by atoms with Crippen LogP contribution in [-0.4, -0.2) is 29.8 Å². The monoisotopic (exact) mass is 208 g/mol. The molecule has 0 saturated carbocycles. The lowest BCUT2D eigenvalue weighted by atomic mass is 9.85. The minimum absolute atomic E-state index is 0.00259. The molecule has 0 radical (unpaired) electrons. The number of allylic oxidation sites excluding steroid dienone is 2. The number of hydrogen-bond donors (Lipinski definition) is 1. The maximum atomic E-state index is 11.9. The molecule has 2 rings (SSSR count). The summed E-state index contributed by atoms with van der Waals surface area (Å²) in [6.07, 6.45) is 6.13. The van der Waals surface area contributed by atoms with Crippen LogP contribution in [0.2, 0.25) is 0 Å². The molecule has 1 aliphatic heterocycles. The third kappa shape index (κ3) is 1.69. The maximum Gasteiger partial charge on any atom is 0.233 e. The topological polar surface area (TPSA) is 63.4 Å². The second kappa shape index (κ2) is 4.14. The Morgan fingerprint density at radius 1 is 1.20 bits per heavy atom. The summed E-state index contributed by atoms with van der Waals surface area (Å²) < 4.78 is 0. The zero-order chi connectivity index (χ0) is 10.8. The standard InChI is InChI=1S/C11H16N2O2/c12-6-3-7-13-10(14)8-4-1-2-5-9(8)11(13)15/h1-2,8-9H,3-7,12H2/t8-,9-/m1/s1. The van der Waals surface area contributed by atoms with Crippen LogP contribution in [0.25, 0.3) is 0 Å². The van der Waals surface area contributed by atoms with Gasteiger partial charge in [-0.25, -0.2) is 0 Å². The maximum absolute atomic E-state index is 11.9.